The molecule has 0 radical (unpaired) electrons. The van der Waals surface area contributed by atoms with E-state index in [0.717, 1.165) is 44.7 Å². The van der Waals surface area contributed by atoms with E-state index >= 15 is 0 Å². The van der Waals surface area contributed by atoms with E-state index in [1.165, 1.54) is 61.1 Å². The maximum Gasteiger partial charge on any atom is 0.215 e. The van der Waals surface area contributed by atoms with Crippen molar-refractivity contribution in [1.82, 2.24) is 27.9 Å². The Balaban J connectivity index is 1.40. The van der Waals surface area contributed by atoms with E-state index in [9.17, 15) is 0 Å². The summed E-state index contributed by atoms with van der Waals surface area (Å²) in [6.07, 6.45) is 0. The van der Waals surface area contributed by atoms with Crippen molar-refractivity contribution in [2.24, 2.45) is 14.1 Å². The van der Waals surface area contributed by atoms with Crippen molar-refractivity contribution in [2.75, 3.05) is 0 Å². The predicted octanol–water partition coefficient (Wildman–Crippen LogP) is 9.15. The van der Waals surface area contributed by atoms with E-state index in [1.54, 1.807) is 0 Å². The van der Waals surface area contributed by atoms with Gasteiger partial charge in [-0.3, -0.25) is 8.80 Å². The van der Waals surface area contributed by atoms with Crippen LogP contribution in [0.3, 0.4) is 0 Å². The van der Waals surface area contributed by atoms with Crippen LogP contribution < -0.4 is 0 Å². The van der Waals surface area contributed by atoms with Crippen LogP contribution in [-0.4, -0.2) is 27.9 Å². The van der Waals surface area contributed by atoms with Gasteiger partial charge in [0.25, 0.3) is 0 Å². The maximum atomic E-state index is 5.31. The van der Waals surface area contributed by atoms with Crippen molar-refractivity contribution in [3.63, 3.8) is 0 Å². The van der Waals surface area contributed by atoms with Gasteiger partial charge in [-0.2, -0.15) is 0 Å². The zero-order chi connectivity index (χ0) is 30.9. The molecule has 9 aromatic rings. The average Bonchev–Trinajstić information content (AvgIpc) is 3.73. The monoisotopic (exact) mass is 586 g/mol. The number of fused-ring (bicyclic) bond motifs is 10. The second kappa shape index (κ2) is 8.85. The van der Waals surface area contributed by atoms with Crippen molar-refractivity contribution in [3.8, 4) is 22.3 Å². The van der Waals surface area contributed by atoms with Gasteiger partial charge in [-0.15, -0.1) is 0 Å². The van der Waals surface area contributed by atoms with Crippen LogP contribution in [0.4, 0.5) is 0 Å². The van der Waals surface area contributed by atoms with E-state index in [4.69, 9.17) is 9.97 Å². The van der Waals surface area contributed by atoms with Gasteiger partial charge in [0.2, 0.25) is 11.6 Å². The summed E-state index contributed by atoms with van der Waals surface area (Å²) in [4.78, 5) is 10.6. The topological polar surface area (TPSA) is 44.5 Å². The second-order valence-corrected chi connectivity index (χ2v) is 12.7. The van der Waals surface area contributed by atoms with E-state index in [1.807, 2.05) is 0 Å². The quantitative estimate of drug-likeness (QED) is 0.203. The van der Waals surface area contributed by atoms with Crippen LogP contribution in [0.5, 0.6) is 0 Å². The molecule has 4 aromatic heterocycles. The van der Waals surface area contributed by atoms with Crippen molar-refractivity contribution in [3.05, 3.63) is 107 Å². The molecule has 0 atom stereocenters. The molecule has 0 fully saturated rings. The first-order chi connectivity index (χ1) is 21.8. The Morgan fingerprint density at radius 2 is 0.844 bits per heavy atom. The van der Waals surface area contributed by atoms with Gasteiger partial charge in [-0.05, 0) is 86.2 Å². The first-order valence-electron chi connectivity index (χ1n) is 15.6. The van der Waals surface area contributed by atoms with Crippen LogP contribution in [0, 0.1) is 34.6 Å². The Hall–Kier alpha value is -5.36. The summed E-state index contributed by atoms with van der Waals surface area (Å²) < 4.78 is 9.19. The van der Waals surface area contributed by atoms with Crippen molar-refractivity contribution >= 4 is 55.7 Å². The summed E-state index contributed by atoms with van der Waals surface area (Å²) in [5.74, 6) is 1.89. The second-order valence-electron chi connectivity index (χ2n) is 12.7. The smallest absolute Gasteiger partial charge is 0.215 e. The molecule has 0 aliphatic rings. The number of hydrogen-bond acceptors (Lipinski definition) is 2. The fourth-order valence-electron chi connectivity index (χ4n) is 8.13. The van der Waals surface area contributed by atoms with E-state index in [2.05, 4.69) is 146 Å². The molecule has 0 spiro atoms. The van der Waals surface area contributed by atoms with Gasteiger partial charge >= 0.3 is 0 Å². The van der Waals surface area contributed by atoms with Crippen molar-refractivity contribution in [1.29, 1.82) is 0 Å². The summed E-state index contributed by atoms with van der Waals surface area (Å²) in [6.45, 7) is 11.0. The molecule has 0 saturated carbocycles. The Labute approximate surface area is 260 Å². The summed E-state index contributed by atoms with van der Waals surface area (Å²) in [5, 5.41) is 0. The Morgan fingerprint density at radius 3 is 1.24 bits per heavy atom. The molecular formula is C39H34N6. The molecule has 0 bridgehead atoms. The fourth-order valence-corrected chi connectivity index (χ4v) is 8.13. The zero-order valence-corrected chi connectivity index (χ0v) is 26.7. The normalized spacial score (nSPS) is 12.3. The molecule has 9 rings (SSSR count). The summed E-state index contributed by atoms with van der Waals surface area (Å²) in [6, 6.07) is 28.5. The third-order valence-corrected chi connectivity index (χ3v) is 10.1. The number of para-hydroxylation sites is 2. The SMILES string of the molecule is Cc1cccc(C)c1-c1cccc2c1nc1n(C)c3c(C)c4c(cc3n21)n1c2cccc(-c3c(C)cccc3C)c2nc1n4C. The molecule has 45 heavy (non-hydrogen) atoms. The molecule has 0 saturated heterocycles. The van der Waals surface area contributed by atoms with E-state index in [0.29, 0.717) is 0 Å². The van der Waals surface area contributed by atoms with E-state index in [-0.39, 0.29) is 0 Å². The highest BCUT2D eigenvalue weighted by Crippen LogP contribution is 2.40. The molecule has 6 nitrogen and oxygen atoms in total. The number of aromatic nitrogens is 6. The molecule has 5 aromatic carbocycles. The number of hydrogen-bond donors (Lipinski definition) is 0. The minimum Gasteiger partial charge on any atom is -0.312 e. The van der Waals surface area contributed by atoms with Crippen LogP contribution in [0.2, 0.25) is 0 Å². The molecule has 4 heterocycles. The lowest BCUT2D eigenvalue weighted by atomic mass is 9.95. The average molecular weight is 587 g/mol. The molecule has 0 N–H and O–H groups in total. The largest absolute Gasteiger partial charge is 0.312 e. The minimum absolute atomic E-state index is 0.946. The number of rotatable bonds is 2. The molecule has 0 unspecified atom stereocenters. The predicted molar refractivity (Wildman–Crippen MR) is 186 cm³/mol. The molecule has 220 valence electrons. The first kappa shape index (κ1) is 26.1. The number of benzene rings is 5. The fraction of sp³-hybridized carbons (Fsp3) is 0.179. The van der Waals surface area contributed by atoms with Crippen molar-refractivity contribution in [2.45, 2.75) is 34.6 Å². The van der Waals surface area contributed by atoms with Gasteiger partial charge in [-0.25, -0.2) is 9.97 Å². The summed E-state index contributed by atoms with van der Waals surface area (Å²) in [7, 11) is 4.28. The van der Waals surface area contributed by atoms with Gasteiger partial charge in [-0.1, -0.05) is 60.7 Å². The Kier molecular flexibility index (Phi) is 5.13. The number of aryl methyl sites for hydroxylation is 7. The van der Waals surface area contributed by atoms with Crippen LogP contribution in [0.15, 0.2) is 78.9 Å². The van der Waals surface area contributed by atoms with Crippen LogP contribution >= 0.6 is 0 Å². The summed E-state index contributed by atoms with van der Waals surface area (Å²) >= 11 is 0. The standard InChI is InChI=1S/C39H34N6/c1-21-12-8-13-22(2)32(21)26-16-10-18-28-34(26)40-38-42(6)36-25(5)37-31(20-30(36)44(28)38)45-29-19-11-17-27(35(29)41-39(45)43(37)7)33-23(3)14-9-15-24(33)4/h8-20H,1-7H3. The Bertz CT molecular complexity index is 2500. The van der Waals surface area contributed by atoms with Crippen LogP contribution in [0.1, 0.15) is 27.8 Å². The van der Waals surface area contributed by atoms with Crippen LogP contribution in [0.25, 0.3) is 77.9 Å². The van der Waals surface area contributed by atoms with Crippen molar-refractivity contribution < 1.29 is 0 Å². The molecular weight excluding hydrogens is 552 g/mol. The van der Waals surface area contributed by atoms with E-state index < -0.39 is 0 Å². The van der Waals surface area contributed by atoms with Crippen LogP contribution in [-0.2, 0) is 14.1 Å². The lowest BCUT2D eigenvalue weighted by molar-refractivity contribution is 0.957. The van der Waals surface area contributed by atoms with Gasteiger partial charge in [0.15, 0.2) is 0 Å². The first-order valence-corrected chi connectivity index (χ1v) is 15.6. The minimum atomic E-state index is 0.946. The lowest BCUT2D eigenvalue weighted by Gasteiger charge is -2.11. The van der Waals surface area contributed by atoms with Gasteiger partial charge < -0.3 is 9.13 Å². The lowest BCUT2D eigenvalue weighted by Crippen LogP contribution is -1.95. The molecule has 6 heteroatoms. The van der Waals surface area contributed by atoms with Gasteiger partial charge in [0.1, 0.15) is 0 Å². The third kappa shape index (κ3) is 3.23. The number of nitrogens with zero attached hydrogens (tertiary/aromatic N) is 6. The van der Waals surface area contributed by atoms with Gasteiger partial charge in [0.05, 0.1) is 44.1 Å². The molecule has 0 aliphatic heterocycles. The highest BCUT2D eigenvalue weighted by Gasteiger charge is 2.24. The summed E-state index contributed by atoms with van der Waals surface area (Å²) in [5.41, 5.74) is 20.2. The molecule has 0 aliphatic carbocycles. The maximum absolute atomic E-state index is 5.31. The Morgan fingerprint density at radius 1 is 0.467 bits per heavy atom. The third-order valence-electron chi connectivity index (χ3n) is 10.1. The highest BCUT2D eigenvalue weighted by atomic mass is 15.2. The highest BCUT2D eigenvalue weighted by molar-refractivity contribution is 6.06. The zero-order valence-electron chi connectivity index (χ0n) is 26.7. The van der Waals surface area contributed by atoms with Gasteiger partial charge in [0, 0.05) is 30.8 Å². The molecule has 0 amide bonds. The number of imidazole rings is 4.